The van der Waals surface area contributed by atoms with Crippen LogP contribution in [0.25, 0.3) is 0 Å². The number of benzene rings is 1. The van der Waals surface area contributed by atoms with E-state index in [-0.39, 0.29) is 0 Å². The van der Waals surface area contributed by atoms with Crippen molar-refractivity contribution < 1.29 is 0 Å². The van der Waals surface area contributed by atoms with E-state index in [2.05, 4.69) is 26.0 Å². The van der Waals surface area contributed by atoms with Gasteiger partial charge in [-0.25, -0.2) is 0 Å². The first-order valence-electron chi connectivity index (χ1n) is 3.85. The van der Waals surface area contributed by atoms with Crippen LogP contribution >= 0.6 is 11.6 Å². The largest absolute Gasteiger partial charge is 0.0834 e. The van der Waals surface area contributed by atoms with E-state index < -0.39 is 0 Å². The molecule has 11 heavy (non-hydrogen) atoms. The van der Waals surface area contributed by atoms with Crippen LogP contribution in [0.15, 0.2) is 18.2 Å². The summed E-state index contributed by atoms with van der Waals surface area (Å²) in [7, 11) is 0. The van der Waals surface area contributed by atoms with Crippen molar-refractivity contribution in [2.75, 3.05) is 0 Å². The van der Waals surface area contributed by atoms with Gasteiger partial charge in [0, 0.05) is 6.07 Å². The molecule has 0 atom stereocenters. The van der Waals surface area contributed by atoms with Gasteiger partial charge < -0.3 is 0 Å². The predicted octanol–water partition coefficient (Wildman–Crippen LogP) is 3.34. The molecule has 0 amide bonds. The van der Waals surface area contributed by atoms with Crippen molar-refractivity contribution in [3.63, 3.8) is 0 Å². The lowest BCUT2D eigenvalue weighted by molar-refractivity contribution is 0.647. The molecule has 0 N–H and O–H groups in total. The van der Waals surface area contributed by atoms with Gasteiger partial charge in [0.2, 0.25) is 0 Å². The Morgan fingerprint density at radius 2 is 2.27 bits per heavy atom. The maximum absolute atomic E-state index is 5.91. The molecule has 0 nitrogen and oxygen atoms in total. The zero-order chi connectivity index (χ0) is 8.27. The van der Waals surface area contributed by atoms with Crippen LogP contribution in [0, 0.1) is 12.0 Å². The molecule has 59 valence electrons. The first-order chi connectivity index (χ1) is 5.20. The van der Waals surface area contributed by atoms with E-state index in [9.17, 15) is 0 Å². The lowest BCUT2D eigenvalue weighted by Gasteiger charge is -2.05. The molecule has 1 heteroatoms. The lowest BCUT2D eigenvalue weighted by atomic mass is 10.0. The van der Waals surface area contributed by atoms with Gasteiger partial charge in [0.05, 0.1) is 5.02 Å². The zero-order valence-corrected chi connectivity index (χ0v) is 7.65. The van der Waals surface area contributed by atoms with Gasteiger partial charge >= 0.3 is 0 Å². The molecule has 0 aliphatic heterocycles. The molecule has 1 radical (unpaired) electrons. The molecule has 0 bridgehead atoms. The Morgan fingerprint density at radius 3 is 2.82 bits per heavy atom. The molecule has 0 aliphatic rings. The van der Waals surface area contributed by atoms with E-state index in [4.69, 9.17) is 11.6 Å². The van der Waals surface area contributed by atoms with Crippen LogP contribution in [-0.2, 0) is 6.42 Å². The van der Waals surface area contributed by atoms with Crippen LogP contribution in [0.5, 0.6) is 0 Å². The normalized spacial score (nSPS) is 10.5. The van der Waals surface area contributed by atoms with E-state index in [1.165, 1.54) is 5.56 Å². The standard InChI is InChI=1S/C10H12Cl/c1-8(2)7-9-5-3-4-6-10(9)11/h3-5,8H,7H2,1-2H3. The second-order valence-corrected chi connectivity index (χ2v) is 3.49. The smallest absolute Gasteiger partial charge is 0.0517 e. The third-order valence-corrected chi connectivity index (χ3v) is 1.87. The topological polar surface area (TPSA) is 0 Å². The van der Waals surface area contributed by atoms with Crippen molar-refractivity contribution in [2.45, 2.75) is 20.3 Å². The third-order valence-electron chi connectivity index (χ3n) is 1.51. The van der Waals surface area contributed by atoms with Gasteiger partial charge in [-0.05, 0) is 17.9 Å². The van der Waals surface area contributed by atoms with Gasteiger partial charge in [-0.3, -0.25) is 0 Å². The molecule has 1 rings (SSSR count). The van der Waals surface area contributed by atoms with Gasteiger partial charge in [0.15, 0.2) is 0 Å². The Kier molecular flexibility index (Phi) is 2.95. The van der Waals surface area contributed by atoms with Crippen LogP contribution in [0.3, 0.4) is 0 Å². The molecule has 0 saturated carbocycles. The minimum Gasteiger partial charge on any atom is -0.0834 e. The van der Waals surface area contributed by atoms with Crippen molar-refractivity contribution in [1.82, 2.24) is 0 Å². The Labute approximate surface area is 73.2 Å². The van der Waals surface area contributed by atoms with E-state index in [0.717, 1.165) is 11.4 Å². The molecule has 0 aliphatic carbocycles. The van der Waals surface area contributed by atoms with Crippen molar-refractivity contribution in [3.05, 3.63) is 34.9 Å². The monoisotopic (exact) mass is 167 g/mol. The molecular formula is C10H12Cl. The van der Waals surface area contributed by atoms with Crippen molar-refractivity contribution in [3.8, 4) is 0 Å². The Hall–Kier alpha value is -0.490. The first kappa shape index (κ1) is 8.61. The zero-order valence-electron chi connectivity index (χ0n) is 6.89. The van der Waals surface area contributed by atoms with Gasteiger partial charge in [0.1, 0.15) is 0 Å². The number of hydrogen-bond donors (Lipinski definition) is 0. The van der Waals surface area contributed by atoms with Crippen LogP contribution in [-0.4, -0.2) is 0 Å². The van der Waals surface area contributed by atoms with E-state index in [0.29, 0.717) is 5.92 Å². The summed E-state index contributed by atoms with van der Waals surface area (Å²) in [5, 5.41) is 0.765. The van der Waals surface area contributed by atoms with E-state index in [1.54, 1.807) is 0 Å². The SMILES string of the molecule is CC(C)Cc1ccc[c]c1Cl. The fourth-order valence-corrected chi connectivity index (χ4v) is 1.25. The fraction of sp³-hybridized carbons (Fsp3) is 0.400. The van der Waals surface area contributed by atoms with Crippen LogP contribution < -0.4 is 0 Å². The molecule has 0 saturated heterocycles. The predicted molar refractivity (Wildman–Crippen MR) is 48.8 cm³/mol. The summed E-state index contributed by atoms with van der Waals surface area (Å²) in [6.07, 6.45) is 1.04. The summed E-state index contributed by atoms with van der Waals surface area (Å²) in [5.74, 6) is 0.656. The third kappa shape index (κ3) is 2.55. The highest BCUT2D eigenvalue weighted by molar-refractivity contribution is 6.31. The Morgan fingerprint density at radius 1 is 1.55 bits per heavy atom. The van der Waals surface area contributed by atoms with Crippen LogP contribution in [0.4, 0.5) is 0 Å². The molecule has 0 spiro atoms. The van der Waals surface area contributed by atoms with Gasteiger partial charge in [-0.15, -0.1) is 0 Å². The van der Waals surface area contributed by atoms with Gasteiger partial charge in [0.25, 0.3) is 0 Å². The minimum atomic E-state index is 0.656. The minimum absolute atomic E-state index is 0.656. The maximum atomic E-state index is 5.91. The van der Waals surface area contributed by atoms with Gasteiger partial charge in [-0.2, -0.15) is 0 Å². The quantitative estimate of drug-likeness (QED) is 0.634. The van der Waals surface area contributed by atoms with E-state index in [1.807, 2.05) is 12.1 Å². The average molecular weight is 168 g/mol. The van der Waals surface area contributed by atoms with Crippen LogP contribution in [0.2, 0.25) is 5.02 Å². The molecule has 0 unspecified atom stereocenters. The maximum Gasteiger partial charge on any atom is 0.0517 e. The highest BCUT2D eigenvalue weighted by Gasteiger charge is 2.00. The Balaban J connectivity index is 2.78. The molecule has 0 heterocycles. The van der Waals surface area contributed by atoms with Crippen LogP contribution in [0.1, 0.15) is 19.4 Å². The highest BCUT2D eigenvalue weighted by Crippen LogP contribution is 2.17. The molecule has 0 fully saturated rings. The summed E-state index contributed by atoms with van der Waals surface area (Å²) < 4.78 is 0. The highest BCUT2D eigenvalue weighted by atomic mass is 35.5. The molecule has 1 aromatic carbocycles. The number of hydrogen-bond acceptors (Lipinski definition) is 0. The first-order valence-corrected chi connectivity index (χ1v) is 4.23. The summed E-state index contributed by atoms with van der Waals surface area (Å²) >= 11 is 5.91. The summed E-state index contributed by atoms with van der Waals surface area (Å²) in [4.78, 5) is 0. The van der Waals surface area contributed by atoms with Crippen molar-refractivity contribution >= 4 is 11.6 Å². The summed E-state index contributed by atoms with van der Waals surface area (Å²) in [5.41, 5.74) is 1.20. The molecule has 1 aromatic rings. The summed E-state index contributed by atoms with van der Waals surface area (Å²) in [6, 6.07) is 8.84. The average Bonchev–Trinajstić information content (AvgIpc) is 1.93. The Bertz CT molecular complexity index is 228. The van der Waals surface area contributed by atoms with Gasteiger partial charge in [-0.1, -0.05) is 43.6 Å². The lowest BCUT2D eigenvalue weighted by Crippen LogP contribution is -1.94. The number of rotatable bonds is 2. The summed E-state index contributed by atoms with van der Waals surface area (Å²) in [6.45, 7) is 4.37. The molecular weight excluding hydrogens is 156 g/mol. The van der Waals surface area contributed by atoms with Crippen molar-refractivity contribution in [2.24, 2.45) is 5.92 Å². The second kappa shape index (κ2) is 3.77. The second-order valence-electron chi connectivity index (χ2n) is 3.11. The van der Waals surface area contributed by atoms with Crippen molar-refractivity contribution in [1.29, 1.82) is 0 Å². The number of halogens is 1. The van der Waals surface area contributed by atoms with E-state index >= 15 is 0 Å². The fourth-order valence-electron chi connectivity index (χ4n) is 1.05. The molecule has 0 aromatic heterocycles.